The molecular weight excluding hydrogens is 399 g/mol. The van der Waals surface area contributed by atoms with Crippen LogP contribution in [0.2, 0.25) is 0 Å². The highest BCUT2D eigenvalue weighted by Crippen LogP contribution is 2.33. The Morgan fingerprint density at radius 2 is 1.66 bits per heavy atom. The predicted molar refractivity (Wildman–Crippen MR) is 109 cm³/mol. The van der Waals surface area contributed by atoms with Crippen LogP contribution in [0.25, 0.3) is 0 Å². The van der Waals surface area contributed by atoms with E-state index in [1.165, 1.54) is 4.90 Å². The van der Waals surface area contributed by atoms with Gasteiger partial charge in [0.1, 0.15) is 0 Å². The Labute approximate surface area is 173 Å². The van der Waals surface area contributed by atoms with Crippen LogP contribution in [0.1, 0.15) is 6.92 Å². The van der Waals surface area contributed by atoms with Gasteiger partial charge in [0.25, 0.3) is 0 Å². The Morgan fingerprint density at radius 1 is 1.03 bits per heavy atom. The Balaban J connectivity index is 1.58. The lowest BCUT2D eigenvalue weighted by Crippen LogP contribution is -2.54. The zero-order valence-electron chi connectivity index (χ0n) is 16.2. The van der Waals surface area contributed by atoms with Gasteiger partial charge in [-0.25, -0.2) is 0 Å². The molecule has 29 heavy (non-hydrogen) atoms. The maximum absolute atomic E-state index is 12.8. The topological polar surface area (TPSA) is 35.6 Å². The number of nitrogens with zero attached hydrogens (tertiary/aromatic N) is 2. The van der Waals surface area contributed by atoms with E-state index in [-0.39, 0.29) is 5.91 Å². The molecule has 8 heteroatoms. The molecule has 0 bridgehead atoms. The van der Waals surface area contributed by atoms with Crippen LogP contribution in [0.3, 0.4) is 0 Å². The Hall–Kier alpha value is -2.03. The van der Waals surface area contributed by atoms with Crippen molar-refractivity contribution in [1.29, 1.82) is 0 Å². The van der Waals surface area contributed by atoms with Gasteiger partial charge < -0.3 is 5.32 Å². The zero-order chi connectivity index (χ0) is 20.9. The number of para-hydroxylation sites is 1. The van der Waals surface area contributed by atoms with E-state index >= 15 is 0 Å². The van der Waals surface area contributed by atoms with E-state index in [1.54, 1.807) is 18.7 Å². The summed E-state index contributed by atoms with van der Waals surface area (Å²) in [5, 5.41) is 2.98. The molecule has 1 aliphatic rings. The van der Waals surface area contributed by atoms with Crippen molar-refractivity contribution in [3.63, 3.8) is 0 Å². The fraction of sp³-hybridized carbons (Fsp3) is 0.381. The van der Waals surface area contributed by atoms with E-state index < -0.39 is 18.8 Å². The molecule has 1 amide bonds. The quantitative estimate of drug-likeness (QED) is 0.750. The van der Waals surface area contributed by atoms with E-state index in [0.717, 1.165) is 15.5 Å². The standard InChI is InChI=1S/C21H24F3N3OS/c1-16(27-13-11-26(12-14-27)15-21(22,23)24)20(28)25-18-9-5-6-10-19(18)29-17-7-3-2-4-8-17/h2-10,16H,11-15H2,1H3,(H,25,28). The van der Waals surface area contributed by atoms with Gasteiger partial charge in [-0.2, -0.15) is 13.2 Å². The third kappa shape index (κ3) is 6.48. The molecule has 1 atom stereocenters. The first kappa shape index (κ1) is 21.7. The normalized spacial score (nSPS) is 17.1. The second-order valence-electron chi connectivity index (χ2n) is 7.00. The second-order valence-corrected chi connectivity index (χ2v) is 8.12. The van der Waals surface area contributed by atoms with Gasteiger partial charge in [0.05, 0.1) is 18.3 Å². The van der Waals surface area contributed by atoms with Gasteiger partial charge in [0.2, 0.25) is 5.91 Å². The first-order valence-corrected chi connectivity index (χ1v) is 10.3. The Kier molecular flexibility index (Phi) is 7.21. The number of alkyl halides is 3. The summed E-state index contributed by atoms with van der Waals surface area (Å²) in [7, 11) is 0. The molecule has 1 unspecified atom stereocenters. The molecule has 0 aromatic heterocycles. The van der Waals surface area contributed by atoms with Crippen LogP contribution in [0.5, 0.6) is 0 Å². The molecule has 156 valence electrons. The summed E-state index contributed by atoms with van der Waals surface area (Å²) in [6.45, 7) is 2.37. The first-order valence-electron chi connectivity index (χ1n) is 9.48. The lowest BCUT2D eigenvalue weighted by Gasteiger charge is -2.37. The molecule has 0 saturated carbocycles. The van der Waals surface area contributed by atoms with Gasteiger partial charge in [-0.3, -0.25) is 14.6 Å². The van der Waals surface area contributed by atoms with E-state index in [4.69, 9.17) is 0 Å². The van der Waals surface area contributed by atoms with Crippen molar-refractivity contribution in [3.8, 4) is 0 Å². The molecule has 1 fully saturated rings. The number of amides is 1. The largest absolute Gasteiger partial charge is 0.401 e. The van der Waals surface area contributed by atoms with E-state index in [2.05, 4.69) is 5.32 Å². The lowest BCUT2D eigenvalue weighted by molar-refractivity contribution is -0.150. The monoisotopic (exact) mass is 423 g/mol. The van der Waals surface area contributed by atoms with Crippen LogP contribution >= 0.6 is 11.8 Å². The Morgan fingerprint density at radius 3 is 2.31 bits per heavy atom. The minimum atomic E-state index is -4.19. The summed E-state index contributed by atoms with van der Waals surface area (Å²) < 4.78 is 37.6. The SMILES string of the molecule is CC(C(=O)Nc1ccccc1Sc1ccccc1)N1CCN(CC(F)(F)F)CC1. The van der Waals surface area contributed by atoms with E-state index in [0.29, 0.717) is 26.2 Å². The fourth-order valence-corrected chi connectivity index (χ4v) is 4.16. The van der Waals surface area contributed by atoms with Gasteiger partial charge in [0, 0.05) is 36.0 Å². The van der Waals surface area contributed by atoms with E-state index in [1.807, 2.05) is 59.5 Å². The third-order valence-electron chi connectivity index (χ3n) is 4.85. The summed E-state index contributed by atoms with van der Waals surface area (Å²) in [4.78, 5) is 18.1. The number of benzene rings is 2. The maximum atomic E-state index is 12.8. The van der Waals surface area contributed by atoms with Gasteiger partial charge in [-0.15, -0.1) is 0 Å². The molecule has 1 heterocycles. The maximum Gasteiger partial charge on any atom is 0.401 e. The summed E-state index contributed by atoms with van der Waals surface area (Å²) in [6.07, 6.45) is -4.19. The minimum absolute atomic E-state index is 0.157. The molecule has 1 N–H and O–H groups in total. The molecule has 1 aliphatic heterocycles. The predicted octanol–water partition coefficient (Wildman–Crippen LogP) is 4.34. The second kappa shape index (κ2) is 9.65. The molecular formula is C21H24F3N3OS. The molecule has 0 radical (unpaired) electrons. The van der Waals surface area contributed by atoms with Crippen molar-refractivity contribution in [2.75, 3.05) is 38.0 Å². The van der Waals surface area contributed by atoms with Crippen molar-refractivity contribution in [2.45, 2.75) is 28.9 Å². The average Bonchev–Trinajstić information content (AvgIpc) is 2.69. The zero-order valence-corrected chi connectivity index (χ0v) is 17.0. The van der Waals surface area contributed by atoms with E-state index in [9.17, 15) is 18.0 Å². The highest BCUT2D eigenvalue weighted by molar-refractivity contribution is 7.99. The minimum Gasteiger partial charge on any atom is -0.324 e. The van der Waals surface area contributed by atoms with Gasteiger partial charge in [-0.05, 0) is 31.2 Å². The van der Waals surface area contributed by atoms with Gasteiger partial charge in [0.15, 0.2) is 0 Å². The Bertz CT molecular complexity index is 808. The number of hydrogen-bond donors (Lipinski definition) is 1. The van der Waals surface area contributed by atoms with Crippen molar-refractivity contribution < 1.29 is 18.0 Å². The van der Waals surface area contributed by atoms with Gasteiger partial charge >= 0.3 is 6.18 Å². The third-order valence-corrected chi connectivity index (χ3v) is 5.94. The molecule has 3 rings (SSSR count). The average molecular weight is 424 g/mol. The van der Waals surface area contributed by atoms with Crippen LogP contribution in [0.4, 0.5) is 18.9 Å². The van der Waals surface area contributed by atoms with Crippen molar-refractivity contribution in [2.24, 2.45) is 0 Å². The number of hydrogen-bond acceptors (Lipinski definition) is 4. The molecule has 0 aliphatic carbocycles. The number of piperazine rings is 1. The lowest BCUT2D eigenvalue weighted by atomic mass is 10.2. The van der Waals surface area contributed by atoms with Gasteiger partial charge in [-0.1, -0.05) is 42.1 Å². The van der Waals surface area contributed by atoms with Crippen LogP contribution < -0.4 is 5.32 Å². The molecule has 4 nitrogen and oxygen atoms in total. The van der Waals surface area contributed by atoms with Crippen LogP contribution in [-0.2, 0) is 4.79 Å². The first-order chi connectivity index (χ1) is 13.8. The highest BCUT2D eigenvalue weighted by atomic mass is 32.2. The summed E-state index contributed by atoms with van der Waals surface area (Å²) in [5.41, 5.74) is 0.730. The highest BCUT2D eigenvalue weighted by Gasteiger charge is 2.33. The molecule has 0 spiro atoms. The smallest absolute Gasteiger partial charge is 0.324 e. The van der Waals surface area contributed by atoms with Crippen molar-refractivity contribution in [1.82, 2.24) is 9.80 Å². The van der Waals surface area contributed by atoms with Crippen molar-refractivity contribution in [3.05, 3.63) is 54.6 Å². The van der Waals surface area contributed by atoms with Crippen LogP contribution in [0.15, 0.2) is 64.4 Å². The van der Waals surface area contributed by atoms with Crippen LogP contribution in [-0.4, -0.2) is 60.6 Å². The number of anilines is 1. The summed E-state index contributed by atoms with van der Waals surface area (Å²) >= 11 is 1.57. The number of halogens is 3. The number of rotatable bonds is 6. The molecule has 2 aromatic carbocycles. The number of carbonyl (C=O) groups excluding carboxylic acids is 1. The summed E-state index contributed by atoms with van der Waals surface area (Å²) in [6, 6.07) is 17.1. The number of carbonyl (C=O) groups is 1. The molecule has 1 saturated heterocycles. The van der Waals surface area contributed by atoms with Crippen molar-refractivity contribution >= 4 is 23.4 Å². The van der Waals surface area contributed by atoms with Crippen LogP contribution in [0, 0.1) is 0 Å². The number of nitrogens with one attached hydrogen (secondary N) is 1. The molecule has 2 aromatic rings. The fourth-order valence-electron chi connectivity index (χ4n) is 3.24. The summed E-state index contributed by atoms with van der Waals surface area (Å²) in [5.74, 6) is -0.157.